The average Bonchev–Trinajstić information content (AvgIpc) is 3.09. The molecule has 0 heterocycles. The van der Waals surface area contributed by atoms with E-state index in [1.54, 1.807) is 60.7 Å². The maximum atomic E-state index is 15.4. The van der Waals surface area contributed by atoms with Crippen molar-refractivity contribution in [3.05, 3.63) is 90.7 Å². The zero-order valence-electron chi connectivity index (χ0n) is 27.5. The lowest BCUT2D eigenvalue weighted by atomic mass is 10.0. The smallest absolute Gasteiger partial charge is 0.460 e. The molecule has 0 aliphatic carbocycles. The van der Waals surface area contributed by atoms with Gasteiger partial charge in [0.2, 0.25) is 0 Å². The Morgan fingerprint density at radius 1 is 0.604 bits per heavy atom. The molecule has 3 rings (SSSR count). The van der Waals surface area contributed by atoms with Crippen LogP contribution in [0, 0.1) is 5.82 Å². The molecule has 5 nitrogen and oxygen atoms in total. The van der Waals surface area contributed by atoms with Gasteiger partial charge in [0.25, 0.3) is 0 Å². The first-order chi connectivity index (χ1) is 23.1. The molecule has 3 aromatic carbocycles. The molecule has 0 fully saturated rings. The van der Waals surface area contributed by atoms with Gasteiger partial charge >= 0.3 is 21.3 Å². The van der Waals surface area contributed by atoms with E-state index in [4.69, 9.17) is 16.3 Å². The maximum Gasteiger partial charge on any atom is 0.514 e. The Balaban J connectivity index is 1.51. The van der Waals surface area contributed by atoms with Crippen molar-refractivity contribution in [2.24, 2.45) is 0 Å². The largest absolute Gasteiger partial charge is 0.514 e. The molecule has 0 aromatic heterocycles. The third kappa shape index (κ3) is 11.8. The van der Waals surface area contributed by atoms with Crippen LogP contribution in [0.5, 0.6) is 0 Å². The molecule has 0 bridgehead atoms. The standard InChI is InChI=1S/C37H48ClF3O5S2/c38-30-20-12-10-8-6-4-2-1-3-5-7-9-11-13-21-31-45-36(42)37(40,41)48(43,44)46-47(33-22-16-14-17-23-33,34-24-18-15-19-25-34)35-28-26-32(39)27-29-35/h14-19,22-29H,1-13,20-21,30-31H2/p+1. The third-order valence-electron chi connectivity index (χ3n) is 8.11. The summed E-state index contributed by atoms with van der Waals surface area (Å²) in [6, 6.07) is 21.1. The summed E-state index contributed by atoms with van der Waals surface area (Å²) in [6.45, 7) is -0.316. The molecule has 11 heteroatoms. The summed E-state index contributed by atoms with van der Waals surface area (Å²) >= 11 is 5.70. The molecule has 0 atom stereocenters. The van der Waals surface area contributed by atoms with E-state index in [2.05, 4.69) is 3.63 Å². The molecular formula is C37H49ClF3O5S2+. The van der Waals surface area contributed by atoms with E-state index >= 15 is 8.78 Å². The first-order valence-corrected chi connectivity index (χ1v) is 20.5. The van der Waals surface area contributed by atoms with Crippen LogP contribution in [0.25, 0.3) is 0 Å². The van der Waals surface area contributed by atoms with Crippen LogP contribution in [0.3, 0.4) is 0 Å². The van der Waals surface area contributed by atoms with Crippen LogP contribution in [0.1, 0.15) is 96.3 Å². The van der Waals surface area contributed by atoms with Gasteiger partial charge in [-0.15, -0.1) is 20.0 Å². The van der Waals surface area contributed by atoms with Gasteiger partial charge in [0, 0.05) is 5.88 Å². The highest BCUT2D eigenvalue weighted by Crippen LogP contribution is 2.68. The number of benzene rings is 3. The molecule has 3 aromatic rings. The van der Waals surface area contributed by atoms with Crippen molar-refractivity contribution in [1.29, 1.82) is 0 Å². The van der Waals surface area contributed by atoms with Crippen molar-refractivity contribution in [3.63, 3.8) is 0 Å². The van der Waals surface area contributed by atoms with E-state index in [9.17, 15) is 17.6 Å². The number of hydrogen-bond acceptors (Lipinski definition) is 4. The quantitative estimate of drug-likeness (QED) is 0.0302. The second-order valence-corrected chi connectivity index (χ2v) is 16.9. The molecule has 0 aliphatic heterocycles. The summed E-state index contributed by atoms with van der Waals surface area (Å²) in [4.78, 5) is 13.4. The second kappa shape index (κ2) is 20.9. The van der Waals surface area contributed by atoms with Crippen LogP contribution in [0.15, 0.2) is 99.6 Å². The van der Waals surface area contributed by atoms with Gasteiger partial charge in [-0.05, 0) is 61.4 Å². The molecule has 0 radical (unpaired) electrons. The Morgan fingerprint density at radius 3 is 1.40 bits per heavy atom. The SMILES string of the molecule is O=C(OCCCCCCCCCCCCCCCCCCl)C(F)(F)S(=O)(=O)[OH+]S(c1ccccc1)(c1ccccc1)c1ccc(F)cc1. The highest BCUT2D eigenvalue weighted by Gasteiger charge is 2.63. The molecule has 0 amide bonds. The molecule has 48 heavy (non-hydrogen) atoms. The normalized spacial score (nSPS) is 12.6. The van der Waals surface area contributed by atoms with Crippen LogP contribution >= 0.6 is 21.9 Å². The molecular weight excluding hydrogens is 681 g/mol. The van der Waals surface area contributed by atoms with Gasteiger partial charge in [-0.25, -0.2) is 9.18 Å². The summed E-state index contributed by atoms with van der Waals surface area (Å²) in [5, 5.41) is -4.93. The Bertz CT molecular complexity index is 1400. The number of carbonyl (C=O) groups excluding carboxylic acids is 1. The Morgan fingerprint density at radius 2 is 0.979 bits per heavy atom. The average molecular weight is 730 g/mol. The lowest BCUT2D eigenvalue weighted by molar-refractivity contribution is -0.161. The molecule has 0 spiro atoms. The van der Waals surface area contributed by atoms with Gasteiger partial charge < -0.3 is 4.74 Å². The van der Waals surface area contributed by atoms with Gasteiger partial charge in [0.1, 0.15) is 5.82 Å². The number of esters is 1. The van der Waals surface area contributed by atoms with Crippen LogP contribution in [0.4, 0.5) is 13.2 Å². The van der Waals surface area contributed by atoms with Gasteiger partial charge in [0.05, 0.1) is 31.6 Å². The highest BCUT2D eigenvalue weighted by atomic mass is 35.5. The van der Waals surface area contributed by atoms with Crippen molar-refractivity contribution < 1.29 is 34.7 Å². The van der Waals surface area contributed by atoms with Crippen LogP contribution < -0.4 is 0 Å². The fraction of sp³-hybridized carbons (Fsp3) is 0.486. The first kappa shape index (κ1) is 39.9. The summed E-state index contributed by atoms with van der Waals surface area (Å²) in [6.07, 6.45) is 16.3. The fourth-order valence-electron chi connectivity index (χ4n) is 5.45. The van der Waals surface area contributed by atoms with E-state index in [1.807, 2.05) is 0 Å². The van der Waals surface area contributed by atoms with Crippen LogP contribution in [-0.4, -0.2) is 35.8 Å². The van der Waals surface area contributed by atoms with E-state index in [-0.39, 0.29) is 11.5 Å². The summed E-state index contributed by atoms with van der Waals surface area (Å²) in [5.41, 5.74) is 0. The summed E-state index contributed by atoms with van der Waals surface area (Å²) < 4.78 is 80.3. The van der Waals surface area contributed by atoms with Gasteiger partial charge in [0.15, 0.2) is 0 Å². The lowest BCUT2D eigenvalue weighted by Gasteiger charge is -2.35. The minimum Gasteiger partial charge on any atom is -0.460 e. The third-order valence-corrected chi connectivity index (χ3v) is 13.7. The number of rotatable bonds is 24. The topological polar surface area (TPSA) is 73.2 Å². The van der Waals surface area contributed by atoms with Gasteiger partial charge in [-0.2, -0.15) is 8.78 Å². The van der Waals surface area contributed by atoms with Crippen molar-refractivity contribution >= 4 is 38.0 Å². The van der Waals surface area contributed by atoms with E-state index in [0.29, 0.717) is 22.6 Å². The van der Waals surface area contributed by atoms with E-state index < -0.39 is 37.5 Å². The van der Waals surface area contributed by atoms with Crippen molar-refractivity contribution in [2.75, 3.05) is 12.5 Å². The minimum atomic E-state index is -5.79. The second-order valence-electron chi connectivity index (χ2n) is 11.9. The monoisotopic (exact) mass is 729 g/mol. The molecule has 0 aliphatic rings. The number of halogens is 4. The number of carbonyl (C=O) groups is 1. The molecule has 1 N–H and O–H groups in total. The number of unbranched alkanes of at least 4 members (excludes halogenated alkanes) is 14. The zero-order chi connectivity index (χ0) is 34.7. The van der Waals surface area contributed by atoms with Crippen LogP contribution in [0.2, 0.25) is 0 Å². The van der Waals surface area contributed by atoms with Gasteiger partial charge in [-0.3, -0.25) is 3.63 Å². The van der Waals surface area contributed by atoms with Crippen molar-refractivity contribution in [3.8, 4) is 0 Å². The Hall–Kier alpha value is -2.53. The molecule has 0 saturated carbocycles. The Kier molecular flexibility index (Phi) is 17.3. The van der Waals surface area contributed by atoms with Gasteiger partial charge in [-0.1, -0.05) is 120 Å². The predicted octanol–water partition coefficient (Wildman–Crippen LogP) is 11.7. The molecule has 0 saturated heterocycles. The highest BCUT2D eigenvalue weighted by molar-refractivity contribution is 8.32. The van der Waals surface area contributed by atoms with Crippen molar-refractivity contribution in [1.82, 2.24) is 0 Å². The fourth-order valence-corrected chi connectivity index (χ4v) is 10.9. The number of alkyl halides is 3. The molecule has 266 valence electrons. The lowest BCUT2D eigenvalue weighted by Crippen LogP contribution is -2.42. The van der Waals surface area contributed by atoms with E-state index in [1.165, 1.54) is 63.5 Å². The summed E-state index contributed by atoms with van der Waals surface area (Å²) in [7, 11) is -9.09. The predicted molar refractivity (Wildman–Crippen MR) is 189 cm³/mol. The zero-order valence-corrected chi connectivity index (χ0v) is 29.9. The van der Waals surface area contributed by atoms with Crippen LogP contribution in [-0.2, 0) is 19.6 Å². The minimum absolute atomic E-state index is 0.207. The van der Waals surface area contributed by atoms with Crippen molar-refractivity contribution in [2.45, 2.75) is 116 Å². The maximum absolute atomic E-state index is 15.4. The first-order valence-electron chi connectivity index (χ1n) is 16.9. The molecule has 0 unspecified atom stereocenters. The number of ether oxygens (including phenoxy) is 1. The van der Waals surface area contributed by atoms with E-state index in [0.717, 1.165) is 50.1 Å². The Labute approximate surface area is 291 Å². The summed E-state index contributed by atoms with van der Waals surface area (Å²) in [5.74, 6) is -1.99. The number of hydrogen-bond donors (Lipinski definition) is 0.